The van der Waals surface area contributed by atoms with Crippen LogP contribution in [0.2, 0.25) is 0 Å². The summed E-state index contributed by atoms with van der Waals surface area (Å²) in [5.74, 6) is 0.973. The molecule has 0 saturated carbocycles. The number of benzene rings is 2. The largest absolute Gasteiger partial charge is 0.288 e. The van der Waals surface area contributed by atoms with E-state index < -0.39 is 0 Å². The monoisotopic (exact) mass is 312 g/mol. The molecule has 0 spiro atoms. The Labute approximate surface area is 138 Å². The molecule has 2 rings (SSSR count). The van der Waals surface area contributed by atoms with E-state index in [1.165, 1.54) is 47.7 Å². The summed E-state index contributed by atoms with van der Waals surface area (Å²) in [6, 6.07) is 19.4. The molecule has 0 radical (unpaired) electrons. The molecular weight excluding hydrogens is 288 g/mol. The molecule has 0 bridgehead atoms. The number of carbonyl (C=O) groups excluding carboxylic acids is 1. The van der Waals surface area contributed by atoms with Gasteiger partial charge in [0.2, 0.25) is 0 Å². The van der Waals surface area contributed by atoms with Gasteiger partial charge in [-0.1, -0.05) is 79.2 Å². The van der Waals surface area contributed by atoms with Crippen LogP contribution in [0.5, 0.6) is 0 Å². The van der Waals surface area contributed by atoms with Crippen molar-refractivity contribution in [3.8, 4) is 11.1 Å². The van der Waals surface area contributed by atoms with E-state index in [1.807, 2.05) is 6.07 Å². The third kappa shape index (κ3) is 6.07. The second-order valence-corrected chi connectivity index (χ2v) is 6.84. The molecule has 116 valence electrons. The third-order valence-electron chi connectivity index (χ3n) is 3.73. The molecule has 0 fully saturated rings. The van der Waals surface area contributed by atoms with Gasteiger partial charge in [-0.2, -0.15) is 0 Å². The highest BCUT2D eigenvalue weighted by atomic mass is 32.2. The van der Waals surface area contributed by atoms with Crippen molar-refractivity contribution in [3.05, 3.63) is 60.2 Å². The molecule has 0 aliphatic rings. The molecule has 0 saturated heterocycles. The number of hydrogen-bond donors (Lipinski definition) is 0. The standard InChI is InChI=1S/C20H24OS/c1-17(21)22-16-8-3-2-5-9-18-12-14-20(15-13-18)19-10-6-4-7-11-19/h4,6-7,10-15H,2-3,5,8-9,16H2,1H3. The number of carbonyl (C=O) groups is 1. The second-order valence-electron chi connectivity index (χ2n) is 5.57. The second kappa shape index (κ2) is 9.47. The molecular formula is C20H24OS. The molecule has 22 heavy (non-hydrogen) atoms. The normalized spacial score (nSPS) is 10.6. The summed E-state index contributed by atoms with van der Waals surface area (Å²) in [6.45, 7) is 1.64. The Bertz CT molecular complexity index is 560. The van der Waals surface area contributed by atoms with Crippen LogP contribution in [0.3, 0.4) is 0 Å². The number of thioether (sulfide) groups is 1. The van der Waals surface area contributed by atoms with E-state index in [0.717, 1.165) is 18.6 Å². The van der Waals surface area contributed by atoms with E-state index in [2.05, 4.69) is 48.5 Å². The lowest BCUT2D eigenvalue weighted by atomic mass is 10.0. The Morgan fingerprint density at radius 3 is 2.14 bits per heavy atom. The maximum atomic E-state index is 10.8. The summed E-state index contributed by atoms with van der Waals surface area (Å²) in [7, 11) is 0. The van der Waals surface area contributed by atoms with E-state index in [-0.39, 0.29) is 5.12 Å². The van der Waals surface area contributed by atoms with Crippen LogP contribution >= 0.6 is 11.8 Å². The SMILES string of the molecule is CC(=O)SCCCCCCc1ccc(-c2ccccc2)cc1. The zero-order valence-electron chi connectivity index (χ0n) is 13.3. The average Bonchev–Trinajstić information content (AvgIpc) is 2.55. The van der Waals surface area contributed by atoms with Crippen molar-refractivity contribution in [2.75, 3.05) is 5.75 Å². The first-order chi connectivity index (χ1) is 10.8. The fraction of sp³-hybridized carbons (Fsp3) is 0.350. The van der Waals surface area contributed by atoms with E-state index in [0.29, 0.717) is 0 Å². The van der Waals surface area contributed by atoms with Crippen molar-refractivity contribution >= 4 is 16.9 Å². The Morgan fingerprint density at radius 2 is 1.45 bits per heavy atom. The molecule has 0 heterocycles. The third-order valence-corrected chi connectivity index (χ3v) is 4.63. The minimum absolute atomic E-state index is 0.235. The molecule has 2 heteroatoms. The van der Waals surface area contributed by atoms with Crippen LogP contribution in [-0.4, -0.2) is 10.9 Å². The zero-order valence-corrected chi connectivity index (χ0v) is 14.1. The Balaban J connectivity index is 1.68. The maximum absolute atomic E-state index is 10.8. The summed E-state index contributed by atoms with van der Waals surface area (Å²) in [4.78, 5) is 10.8. The summed E-state index contributed by atoms with van der Waals surface area (Å²) in [5.41, 5.74) is 3.97. The van der Waals surface area contributed by atoms with Gasteiger partial charge < -0.3 is 0 Å². The molecule has 2 aromatic carbocycles. The first kappa shape index (κ1) is 16.8. The zero-order chi connectivity index (χ0) is 15.6. The minimum Gasteiger partial charge on any atom is -0.288 e. The van der Waals surface area contributed by atoms with Crippen LogP contribution in [0.1, 0.15) is 38.2 Å². The average molecular weight is 312 g/mol. The lowest BCUT2D eigenvalue weighted by Crippen LogP contribution is -1.89. The predicted octanol–water partition coefficient (Wildman–Crippen LogP) is 5.74. The predicted molar refractivity (Wildman–Crippen MR) is 97.2 cm³/mol. The van der Waals surface area contributed by atoms with Crippen LogP contribution in [0, 0.1) is 0 Å². The van der Waals surface area contributed by atoms with Gasteiger partial charge in [-0.15, -0.1) is 0 Å². The van der Waals surface area contributed by atoms with Crippen molar-refractivity contribution in [3.63, 3.8) is 0 Å². The summed E-state index contributed by atoms with van der Waals surface area (Å²) >= 11 is 1.45. The number of unbranched alkanes of at least 4 members (excludes halogenated alkanes) is 3. The van der Waals surface area contributed by atoms with Gasteiger partial charge >= 0.3 is 0 Å². The van der Waals surface area contributed by atoms with Gasteiger partial charge in [0, 0.05) is 12.7 Å². The highest BCUT2D eigenvalue weighted by Gasteiger charge is 1.99. The van der Waals surface area contributed by atoms with Gasteiger partial charge in [-0.05, 0) is 36.0 Å². The number of hydrogen-bond acceptors (Lipinski definition) is 2. The van der Waals surface area contributed by atoms with Gasteiger partial charge in [-0.3, -0.25) is 4.79 Å². The molecule has 0 N–H and O–H groups in total. The minimum atomic E-state index is 0.235. The van der Waals surface area contributed by atoms with Crippen molar-refractivity contribution in [2.24, 2.45) is 0 Å². The molecule has 0 aliphatic heterocycles. The van der Waals surface area contributed by atoms with E-state index >= 15 is 0 Å². The Kier molecular flexibility index (Phi) is 7.24. The van der Waals surface area contributed by atoms with E-state index in [9.17, 15) is 4.79 Å². The van der Waals surface area contributed by atoms with Gasteiger partial charge in [0.25, 0.3) is 0 Å². The van der Waals surface area contributed by atoms with Gasteiger partial charge in [0.1, 0.15) is 0 Å². The van der Waals surface area contributed by atoms with Gasteiger partial charge in [0.05, 0.1) is 0 Å². The van der Waals surface area contributed by atoms with Crippen LogP contribution < -0.4 is 0 Å². The molecule has 0 unspecified atom stereocenters. The first-order valence-corrected chi connectivity index (χ1v) is 9.02. The van der Waals surface area contributed by atoms with Gasteiger partial charge in [0.15, 0.2) is 5.12 Å². The van der Waals surface area contributed by atoms with Crippen LogP contribution in [0.15, 0.2) is 54.6 Å². The van der Waals surface area contributed by atoms with Crippen molar-refractivity contribution in [1.29, 1.82) is 0 Å². The molecule has 0 aliphatic carbocycles. The maximum Gasteiger partial charge on any atom is 0.185 e. The van der Waals surface area contributed by atoms with Crippen LogP contribution in [0.4, 0.5) is 0 Å². The van der Waals surface area contributed by atoms with E-state index in [4.69, 9.17) is 0 Å². The highest BCUT2D eigenvalue weighted by molar-refractivity contribution is 8.13. The van der Waals surface area contributed by atoms with E-state index in [1.54, 1.807) is 6.92 Å². The van der Waals surface area contributed by atoms with Crippen molar-refractivity contribution in [2.45, 2.75) is 39.0 Å². The Hall–Kier alpha value is -1.54. The lowest BCUT2D eigenvalue weighted by Gasteiger charge is -2.05. The molecule has 0 amide bonds. The first-order valence-electron chi connectivity index (χ1n) is 8.03. The Morgan fingerprint density at radius 1 is 0.818 bits per heavy atom. The fourth-order valence-electron chi connectivity index (χ4n) is 2.50. The van der Waals surface area contributed by atoms with Gasteiger partial charge in [-0.25, -0.2) is 0 Å². The molecule has 0 atom stereocenters. The molecule has 0 aromatic heterocycles. The summed E-state index contributed by atoms with van der Waals surface area (Å²) in [5, 5.41) is 0.235. The van der Waals surface area contributed by atoms with Crippen molar-refractivity contribution in [1.82, 2.24) is 0 Å². The highest BCUT2D eigenvalue weighted by Crippen LogP contribution is 2.20. The van der Waals surface area contributed by atoms with Crippen molar-refractivity contribution < 1.29 is 4.79 Å². The smallest absolute Gasteiger partial charge is 0.185 e. The topological polar surface area (TPSA) is 17.1 Å². The summed E-state index contributed by atoms with van der Waals surface area (Å²) in [6.07, 6.45) is 6.00. The number of aryl methyl sites for hydroxylation is 1. The fourth-order valence-corrected chi connectivity index (χ4v) is 3.13. The molecule has 1 nitrogen and oxygen atoms in total. The summed E-state index contributed by atoms with van der Waals surface area (Å²) < 4.78 is 0. The molecule has 2 aromatic rings. The van der Waals surface area contributed by atoms with Crippen LogP contribution in [-0.2, 0) is 11.2 Å². The number of rotatable bonds is 8. The lowest BCUT2D eigenvalue weighted by molar-refractivity contribution is -0.109. The quantitative estimate of drug-likeness (QED) is 0.578. The van der Waals surface area contributed by atoms with Crippen LogP contribution in [0.25, 0.3) is 11.1 Å².